The summed E-state index contributed by atoms with van der Waals surface area (Å²) >= 11 is 0. The molecule has 2 N–H and O–H groups in total. The van der Waals surface area contributed by atoms with Gasteiger partial charge >= 0.3 is 0 Å². The van der Waals surface area contributed by atoms with Crippen molar-refractivity contribution in [1.29, 1.82) is 0 Å². The first-order chi connectivity index (χ1) is 8.26. The number of rotatable bonds is 7. The molecule has 1 aromatic rings. The molecule has 0 radical (unpaired) electrons. The number of ether oxygens (including phenoxy) is 1. The van der Waals surface area contributed by atoms with Crippen LogP contribution in [-0.4, -0.2) is 26.6 Å². The quantitative estimate of drug-likeness (QED) is 0.696. The molecule has 0 saturated heterocycles. The Morgan fingerprint density at radius 3 is 2.82 bits per heavy atom. The van der Waals surface area contributed by atoms with Gasteiger partial charge in [-0.3, -0.25) is 4.79 Å². The van der Waals surface area contributed by atoms with Gasteiger partial charge in [-0.25, -0.2) is 0 Å². The zero-order valence-electron chi connectivity index (χ0n) is 10.5. The second-order valence-corrected chi connectivity index (χ2v) is 3.85. The first-order valence-electron chi connectivity index (χ1n) is 5.74. The van der Waals surface area contributed by atoms with Crippen molar-refractivity contribution in [3.8, 4) is 0 Å². The molecular formula is C13H20N2O2. The fourth-order valence-electron chi connectivity index (χ4n) is 1.56. The van der Waals surface area contributed by atoms with Crippen LogP contribution >= 0.6 is 0 Å². The predicted molar refractivity (Wildman–Crippen MR) is 67.5 cm³/mol. The molecule has 94 valence electrons. The second kappa shape index (κ2) is 7.81. The molecule has 0 bridgehead atoms. The van der Waals surface area contributed by atoms with Crippen molar-refractivity contribution in [2.75, 3.05) is 20.7 Å². The van der Waals surface area contributed by atoms with Gasteiger partial charge in [-0.1, -0.05) is 24.3 Å². The number of hydrogen-bond acceptors (Lipinski definition) is 3. The number of amides is 1. The summed E-state index contributed by atoms with van der Waals surface area (Å²) in [5.74, 6) is 0.0608. The molecule has 0 unspecified atom stereocenters. The van der Waals surface area contributed by atoms with Gasteiger partial charge in [-0.15, -0.1) is 0 Å². The van der Waals surface area contributed by atoms with Gasteiger partial charge in [0.1, 0.15) is 0 Å². The van der Waals surface area contributed by atoms with Crippen LogP contribution in [0.3, 0.4) is 0 Å². The van der Waals surface area contributed by atoms with Crippen LogP contribution in [-0.2, 0) is 22.7 Å². The fraction of sp³-hybridized carbons (Fsp3) is 0.462. The molecule has 0 saturated carbocycles. The lowest BCUT2D eigenvalue weighted by atomic mass is 10.1. The summed E-state index contributed by atoms with van der Waals surface area (Å²) in [5.41, 5.74) is 2.37. The Morgan fingerprint density at radius 1 is 1.35 bits per heavy atom. The van der Waals surface area contributed by atoms with Crippen LogP contribution in [0.5, 0.6) is 0 Å². The third kappa shape index (κ3) is 5.47. The summed E-state index contributed by atoms with van der Waals surface area (Å²) in [6, 6.07) is 8.23. The highest BCUT2D eigenvalue weighted by atomic mass is 16.5. The first-order valence-corrected chi connectivity index (χ1v) is 5.74. The van der Waals surface area contributed by atoms with Crippen LogP contribution in [0, 0.1) is 0 Å². The number of benzene rings is 1. The van der Waals surface area contributed by atoms with E-state index in [1.54, 1.807) is 14.2 Å². The summed E-state index contributed by atoms with van der Waals surface area (Å²) < 4.78 is 5.08. The smallest absolute Gasteiger partial charge is 0.221 e. The zero-order chi connectivity index (χ0) is 12.5. The Hall–Kier alpha value is -1.39. The van der Waals surface area contributed by atoms with E-state index in [1.807, 2.05) is 12.1 Å². The summed E-state index contributed by atoms with van der Waals surface area (Å²) in [6.07, 6.45) is 0.508. The van der Waals surface area contributed by atoms with Crippen LogP contribution < -0.4 is 10.6 Å². The van der Waals surface area contributed by atoms with E-state index < -0.39 is 0 Å². The van der Waals surface area contributed by atoms with Crippen LogP contribution in [0.1, 0.15) is 17.5 Å². The van der Waals surface area contributed by atoms with E-state index in [-0.39, 0.29) is 5.91 Å². The molecule has 1 amide bonds. The largest absolute Gasteiger partial charge is 0.380 e. The van der Waals surface area contributed by atoms with Gasteiger partial charge in [0.2, 0.25) is 5.91 Å². The maximum absolute atomic E-state index is 11.0. The van der Waals surface area contributed by atoms with Crippen molar-refractivity contribution >= 4 is 5.91 Å². The molecule has 4 nitrogen and oxygen atoms in total. The normalized spacial score (nSPS) is 10.2. The zero-order valence-corrected chi connectivity index (χ0v) is 10.5. The maximum Gasteiger partial charge on any atom is 0.221 e. The summed E-state index contributed by atoms with van der Waals surface area (Å²) in [6.45, 7) is 2.09. The van der Waals surface area contributed by atoms with E-state index in [2.05, 4.69) is 22.8 Å². The number of carbonyl (C=O) groups is 1. The van der Waals surface area contributed by atoms with Gasteiger partial charge in [0.05, 0.1) is 6.61 Å². The van der Waals surface area contributed by atoms with Crippen molar-refractivity contribution < 1.29 is 9.53 Å². The lowest BCUT2D eigenvalue weighted by molar-refractivity contribution is -0.120. The molecule has 0 aliphatic heterocycles. The van der Waals surface area contributed by atoms with Gasteiger partial charge in [0, 0.05) is 33.7 Å². The van der Waals surface area contributed by atoms with E-state index in [4.69, 9.17) is 4.74 Å². The lowest BCUT2D eigenvalue weighted by Gasteiger charge is -2.06. The van der Waals surface area contributed by atoms with Crippen molar-refractivity contribution in [3.05, 3.63) is 35.4 Å². The highest BCUT2D eigenvalue weighted by Crippen LogP contribution is 2.06. The van der Waals surface area contributed by atoms with Crippen LogP contribution in [0.2, 0.25) is 0 Å². The highest BCUT2D eigenvalue weighted by molar-refractivity contribution is 5.75. The molecule has 0 aliphatic carbocycles. The summed E-state index contributed by atoms with van der Waals surface area (Å²) in [7, 11) is 3.34. The summed E-state index contributed by atoms with van der Waals surface area (Å²) in [5, 5.41) is 5.83. The van der Waals surface area contributed by atoms with Crippen LogP contribution in [0.25, 0.3) is 0 Å². The molecule has 0 aliphatic rings. The Balaban J connectivity index is 2.31. The molecule has 0 fully saturated rings. The first kappa shape index (κ1) is 13.7. The third-order valence-electron chi connectivity index (χ3n) is 2.44. The van der Waals surface area contributed by atoms with E-state index in [0.29, 0.717) is 19.6 Å². The van der Waals surface area contributed by atoms with E-state index >= 15 is 0 Å². The Labute approximate surface area is 102 Å². The van der Waals surface area contributed by atoms with E-state index in [9.17, 15) is 4.79 Å². The van der Waals surface area contributed by atoms with E-state index in [0.717, 1.165) is 12.1 Å². The average molecular weight is 236 g/mol. The lowest BCUT2D eigenvalue weighted by Crippen LogP contribution is -2.24. The van der Waals surface area contributed by atoms with Crippen LogP contribution in [0.4, 0.5) is 0 Å². The van der Waals surface area contributed by atoms with E-state index in [1.165, 1.54) is 5.56 Å². The summed E-state index contributed by atoms with van der Waals surface area (Å²) in [4.78, 5) is 11.0. The van der Waals surface area contributed by atoms with Crippen molar-refractivity contribution in [3.63, 3.8) is 0 Å². The minimum Gasteiger partial charge on any atom is -0.380 e. The molecule has 4 heteroatoms. The molecule has 1 aromatic carbocycles. The minimum absolute atomic E-state index is 0.0608. The average Bonchev–Trinajstić information content (AvgIpc) is 2.35. The van der Waals surface area contributed by atoms with Gasteiger partial charge < -0.3 is 15.4 Å². The number of methoxy groups -OCH3 is 1. The molecule has 17 heavy (non-hydrogen) atoms. The number of hydrogen-bond donors (Lipinski definition) is 2. The third-order valence-corrected chi connectivity index (χ3v) is 2.44. The highest BCUT2D eigenvalue weighted by Gasteiger charge is 1.98. The van der Waals surface area contributed by atoms with Gasteiger partial charge in [0.15, 0.2) is 0 Å². The topological polar surface area (TPSA) is 50.4 Å². The van der Waals surface area contributed by atoms with Gasteiger partial charge in [-0.2, -0.15) is 0 Å². The molecule has 0 heterocycles. The second-order valence-electron chi connectivity index (χ2n) is 3.85. The maximum atomic E-state index is 11.0. The monoisotopic (exact) mass is 236 g/mol. The fourth-order valence-corrected chi connectivity index (χ4v) is 1.56. The Kier molecular flexibility index (Phi) is 6.29. The van der Waals surface area contributed by atoms with Gasteiger partial charge in [-0.05, 0) is 11.1 Å². The predicted octanol–water partition coefficient (Wildman–Crippen LogP) is 1.06. The number of carbonyl (C=O) groups excluding carboxylic acids is 1. The van der Waals surface area contributed by atoms with Crippen molar-refractivity contribution in [1.82, 2.24) is 10.6 Å². The minimum atomic E-state index is 0.0608. The Morgan fingerprint density at radius 2 is 2.12 bits per heavy atom. The Bertz CT molecular complexity index is 353. The SMILES string of the molecule is CNC(=O)CCNCc1cccc(COC)c1. The van der Waals surface area contributed by atoms with Crippen molar-refractivity contribution in [2.45, 2.75) is 19.6 Å². The number of nitrogens with one attached hydrogen (secondary N) is 2. The molecule has 0 spiro atoms. The standard InChI is InChI=1S/C13H20N2O2/c1-14-13(16)6-7-15-9-11-4-3-5-12(8-11)10-17-2/h3-5,8,15H,6-7,9-10H2,1-2H3,(H,14,16). The van der Waals surface area contributed by atoms with Crippen molar-refractivity contribution in [2.24, 2.45) is 0 Å². The van der Waals surface area contributed by atoms with Gasteiger partial charge in [0.25, 0.3) is 0 Å². The molecule has 0 aromatic heterocycles. The molecule has 0 atom stereocenters. The van der Waals surface area contributed by atoms with Crippen LogP contribution in [0.15, 0.2) is 24.3 Å². The molecule has 1 rings (SSSR count). The molecular weight excluding hydrogens is 216 g/mol.